The highest BCUT2D eigenvalue weighted by atomic mass is 32.2. The lowest BCUT2D eigenvalue weighted by atomic mass is 10.3. The molecule has 0 unspecified atom stereocenters. The molecule has 22 heavy (non-hydrogen) atoms. The standard InChI is InChI=1S/C14H21N3O4S/c1-3-5-10-15-14(19)17-22(20,21)12-8-6-11(7-9-12)16-13(18)4-2/h6-9H,3-5,10H2,1-2H3,(H,16,18)(H2,15,17,19). The first-order chi connectivity index (χ1) is 10.4. The molecule has 0 bridgehead atoms. The number of nitrogens with one attached hydrogen (secondary N) is 3. The van der Waals surface area contributed by atoms with Gasteiger partial charge in [0.05, 0.1) is 4.90 Å². The summed E-state index contributed by atoms with van der Waals surface area (Å²) < 4.78 is 25.9. The molecule has 1 rings (SSSR count). The molecule has 0 saturated heterocycles. The van der Waals surface area contributed by atoms with E-state index in [0.29, 0.717) is 18.7 Å². The van der Waals surface area contributed by atoms with Crippen LogP contribution in [0.3, 0.4) is 0 Å². The van der Waals surface area contributed by atoms with E-state index < -0.39 is 16.1 Å². The van der Waals surface area contributed by atoms with Crippen molar-refractivity contribution in [3.05, 3.63) is 24.3 Å². The number of carbonyl (C=O) groups is 2. The molecular formula is C14H21N3O4S. The van der Waals surface area contributed by atoms with E-state index in [2.05, 4.69) is 10.6 Å². The van der Waals surface area contributed by atoms with Crippen molar-refractivity contribution in [2.45, 2.75) is 38.0 Å². The van der Waals surface area contributed by atoms with Crippen LogP contribution in [0.25, 0.3) is 0 Å². The number of unbranched alkanes of at least 4 members (excludes halogenated alkanes) is 1. The number of sulfonamides is 1. The lowest BCUT2D eigenvalue weighted by Gasteiger charge is -2.09. The van der Waals surface area contributed by atoms with E-state index in [1.54, 1.807) is 6.92 Å². The monoisotopic (exact) mass is 327 g/mol. The number of carbonyl (C=O) groups excluding carboxylic acids is 2. The summed E-state index contributed by atoms with van der Waals surface area (Å²) in [6.07, 6.45) is 2.01. The van der Waals surface area contributed by atoms with Crippen molar-refractivity contribution in [2.75, 3.05) is 11.9 Å². The van der Waals surface area contributed by atoms with Crippen molar-refractivity contribution < 1.29 is 18.0 Å². The van der Waals surface area contributed by atoms with E-state index in [0.717, 1.165) is 12.8 Å². The summed E-state index contributed by atoms with van der Waals surface area (Å²) in [5, 5.41) is 5.08. The summed E-state index contributed by atoms with van der Waals surface area (Å²) in [5.41, 5.74) is 0.498. The summed E-state index contributed by atoms with van der Waals surface area (Å²) in [5.74, 6) is -0.163. The van der Waals surface area contributed by atoms with Crippen molar-refractivity contribution in [1.29, 1.82) is 0 Å². The van der Waals surface area contributed by atoms with Crippen LogP contribution in [0.5, 0.6) is 0 Å². The molecule has 3 N–H and O–H groups in total. The smallest absolute Gasteiger partial charge is 0.328 e. The van der Waals surface area contributed by atoms with Gasteiger partial charge in [-0.3, -0.25) is 4.79 Å². The van der Waals surface area contributed by atoms with E-state index >= 15 is 0 Å². The van der Waals surface area contributed by atoms with Gasteiger partial charge >= 0.3 is 6.03 Å². The lowest BCUT2D eigenvalue weighted by Crippen LogP contribution is -2.39. The second-order valence-electron chi connectivity index (χ2n) is 4.64. The number of benzene rings is 1. The molecule has 0 aliphatic heterocycles. The fraction of sp³-hybridized carbons (Fsp3) is 0.429. The third-order valence-corrected chi connectivity index (χ3v) is 4.16. The highest BCUT2D eigenvalue weighted by molar-refractivity contribution is 7.90. The molecule has 0 aromatic heterocycles. The fourth-order valence-electron chi connectivity index (χ4n) is 1.56. The van der Waals surface area contributed by atoms with Crippen LogP contribution in [0.15, 0.2) is 29.2 Å². The first-order valence-corrected chi connectivity index (χ1v) is 8.58. The molecule has 1 aromatic carbocycles. The Kier molecular flexibility index (Phi) is 6.84. The Balaban J connectivity index is 2.69. The van der Waals surface area contributed by atoms with E-state index in [9.17, 15) is 18.0 Å². The normalized spacial score (nSPS) is 10.8. The highest BCUT2D eigenvalue weighted by Crippen LogP contribution is 2.14. The second kappa shape index (κ2) is 8.38. The Morgan fingerprint density at radius 3 is 2.27 bits per heavy atom. The maximum Gasteiger partial charge on any atom is 0.328 e. The largest absolute Gasteiger partial charge is 0.337 e. The Labute approximate surface area is 130 Å². The number of amides is 3. The fourth-order valence-corrected chi connectivity index (χ4v) is 2.49. The Morgan fingerprint density at radius 2 is 1.73 bits per heavy atom. The first-order valence-electron chi connectivity index (χ1n) is 7.09. The van der Waals surface area contributed by atoms with Gasteiger partial charge in [-0.1, -0.05) is 20.3 Å². The molecule has 0 fully saturated rings. The summed E-state index contributed by atoms with van der Waals surface area (Å²) in [6, 6.07) is 4.84. The van der Waals surface area contributed by atoms with Gasteiger partial charge in [0.2, 0.25) is 5.91 Å². The summed E-state index contributed by atoms with van der Waals surface area (Å²) >= 11 is 0. The molecular weight excluding hydrogens is 306 g/mol. The van der Waals surface area contributed by atoms with Crippen LogP contribution in [0, 0.1) is 0 Å². The van der Waals surface area contributed by atoms with Crippen LogP contribution in [0.2, 0.25) is 0 Å². The zero-order valence-electron chi connectivity index (χ0n) is 12.7. The summed E-state index contributed by atoms with van der Waals surface area (Å²) in [4.78, 5) is 22.7. The molecule has 122 valence electrons. The third kappa shape index (κ3) is 5.72. The van der Waals surface area contributed by atoms with Crippen LogP contribution >= 0.6 is 0 Å². The Bertz CT molecular complexity index is 611. The number of urea groups is 1. The van der Waals surface area contributed by atoms with E-state index in [1.807, 2.05) is 11.6 Å². The van der Waals surface area contributed by atoms with E-state index in [1.165, 1.54) is 24.3 Å². The van der Waals surface area contributed by atoms with Crippen molar-refractivity contribution in [2.24, 2.45) is 0 Å². The molecule has 0 spiro atoms. The van der Waals surface area contributed by atoms with E-state index in [-0.39, 0.29) is 10.8 Å². The molecule has 0 saturated carbocycles. The van der Waals surface area contributed by atoms with Crippen LogP contribution in [-0.4, -0.2) is 26.9 Å². The minimum Gasteiger partial charge on any atom is -0.337 e. The maximum atomic E-state index is 12.0. The minimum atomic E-state index is -3.92. The van der Waals surface area contributed by atoms with Gasteiger partial charge in [0.1, 0.15) is 0 Å². The van der Waals surface area contributed by atoms with E-state index in [4.69, 9.17) is 0 Å². The number of hydrogen-bond acceptors (Lipinski definition) is 4. The Hall–Kier alpha value is -2.09. The Morgan fingerprint density at radius 1 is 1.09 bits per heavy atom. The average molecular weight is 327 g/mol. The lowest BCUT2D eigenvalue weighted by molar-refractivity contribution is -0.115. The maximum absolute atomic E-state index is 12.0. The van der Waals surface area contributed by atoms with Gasteiger partial charge in [-0.15, -0.1) is 0 Å². The molecule has 7 nitrogen and oxygen atoms in total. The van der Waals surface area contributed by atoms with Gasteiger partial charge in [-0.25, -0.2) is 17.9 Å². The number of anilines is 1. The van der Waals surface area contributed by atoms with Gasteiger partial charge in [0, 0.05) is 18.7 Å². The van der Waals surface area contributed by atoms with Gasteiger partial charge in [-0.05, 0) is 30.7 Å². The van der Waals surface area contributed by atoms with Crippen LogP contribution in [0.4, 0.5) is 10.5 Å². The van der Waals surface area contributed by atoms with Crippen molar-refractivity contribution in [1.82, 2.24) is 10.0 Å². The molecule has 1 aromatic rings. The van der Waals surface area contributed by atoms with Gasteiger partial charge in [0.15, 0.2) is 0 Å². The quantitative estimate of drug-likeness (QED) is 0.664. The van der Waals surface area contributed by atoms with Gasteiger partial charge in [-0.2, -0.15) is 0 Å². The number of hydrogen-bond donors (Lipinski definition) is 3. The molecule has 0 atom stereocenters. The highest BCUT2D eigenvalue weighted by Gasteiger charge is 2.17. The van der Waals surface area contributed by atoms with Gasteiger partial charge in [0.25, 0.3) is 10.0 Å². The molecule has 3 amide bonds. The predicted octanol–water partition coefficient (Wildman–Crippen LogP) is 1.82. The van der Waals surface area contributed by atoms with Crippen molar-refractivity contribution in [3.8, 4) is 0 Å². The minimum absolute atomic E-state index is 0.0485. The SMILES string of the molecule is CCCCNC(=O)NS(=O)(=O)c1ccc(NC(=O)CC)cc1. The molecule has 0 aliphatic rings. The molecule has 0 radical (unpaired) electrons. The molecule has 0 aliphatic carbocycles. The van der Waals surface area contributed by atoms with Crippen molar-refractivity contribution >= 4 is 27.6 Å². The second-order valence-corrected chi connectivity index (χ2v) is 6.32. The zero-order valence-corrected chi connectivity index (χ0v) is 13.5. The predicted molar refractivity (Wildman–Crippen MR) is 84.0 cm³/mol. The summed E-state index contributed by atoms with van der Waals surface area (Å²) in [7, 11) is -3.92. The first kappa shape index (κ1) is 18.0. The van der Waals surface area contributed by atoms with Crippen LogP contribution in [0.1, 0.15) is 33.1 Å². The third-order valence-electron chi connectivity index (χ3n) is 2.81. The van der Waals surface area contributed by atoms with Crippen molar-refractivity contribution in [3.63, 3.8) is 0 Å². The summed E-state index contributed by atoms with van der Waals surface area (Å²) in [6.45, 7) is 4.10. The topological polar surface area (TPSA) is 104 Å². The average Bonchev–Trinajstić information content (AvgIpc) is 2.47. The van der Waals surface area contributed by atoms with Crippen LogP contribution in [-0.2, 0) is 14.8 Å². The zero-order chi connectivity index (χ0) is 16.6. The molecule has 8 heteroatoms. The number of rotatable bonds is 7. The van der Waals surface area contributed by atoms with Crippen LogP contribution < -0.4 is 15.4 Å². The van der Waals surface area contributed by atoms with Gasteiger partial charge < -0.3 is 10.6 Å². The molecule has 0 heterocycles.